The average Bonchev–Trinajstić information content (AvgIpc) is 2.84. The van der Waals surface area contributed by atoms with Crippen LogP contribution in [0.1, 0.15) is 12.8 Å². The minimum absolute atomic E-state index is 0.169. The summed E-state index contributed by atoms with van der Waals surface area (Å²) >= 11 is 0. The molecule has 1 aromatic carbocycles. The Labute approximate surface area is 104 Å². The van der Waals surface area contributed by atoms with Crippen LogP contribution in [0.5, 0.6) is 5.75 Å². The van der Waals surface area contributed by atoms with Crippen LogP contribution >= 0.6 is 0 Å². The number of nitrogens with one attached hydrogen (secondary N) is 1. The van der Waals surface area contributed by atoms with E-state index in [9.17, 15) is 4.39 Å². The summed E-state index contributed by atoms with van der Waals surface area (Å²) in [6.07, 6.45) is 0. The molecule has 0 bridgehead atoms. The van der Waals surface area contributed by atoms with Gasteiger partial charge in [-0.25, -0.2) is 4.39 Å². The van der Waals surface area contributed by atoms with E-state index in [1.165, 1.54) is 13.2 Å². The van der Waals surface area contributed by atoms with Gasteiger partial charge in [-0.2, -0.15) is 0 Å². The Kier molecular flexibility index (Phi) is 3.88. The van der Waals surface area contributed by atoms with E-state index in [0.29, 0.717) is 18.2 Å². The topological polar surface area (TPSA) is 60.2 Å². The molecule has 18 heavy (non-hydrogen) atoms. The van der Waals surface area contributed by atoms with Gasteiger partial charge in [-0.1, -0.05) is 6.92 Å². The first kappa shape index (κ1) is 12.5. The Balaban J connectivity index is 2.23. The van der Waals surface area contributed by atoms with Crippen LogP contribution in [-0.4, -0.2) is 23.9 Å². The molecule has 2 rings (SSSR count). The fourth-order valence-corrected chi connectivity index (χ4v) is 1.46. The summed E-state index contributed by atoms with van der Waals surface area (Å²) in [6.45, 7) is 3.25. The SMILES string of the molecule is CCNCc1nnc(-c2ccc(OC)cc2F)o1. The first-order chi connectivity index (χ1) is 8.74. The lowest BCUT2D eigenvalue weighted by Crippen LogP contribution is -2.11. The molecule has 0 aliphatic rings. The second-order valence-electron chi connectivity index (χ2n) is 3.63. The van der Waals surface area contributed by atoms with Gasteiger partial charge in [0.1, 0.15) is 11.6 Å². The van der Waals surface area contributed by atoms with E-state index < -0.39 is 5.82 Å². The highest BCUT2D eigenvalue weighted by Gasteiger charge is 2.13. The van der Waals surface area contributed by atoms with Crippen molar-refractivity contribution in [2.24, 2.45) is 0 Å². The lowest BCUT2D eigenvalue weighted by Gasteiger charge is -2.01. The standard InChI is InChI=1S/C12H14FN3O2/c1-3-14-7-11-15-16-12(18-11)9-5-4-8(17-2)6-10(9)13/h4-6,14H,3,7H2,1-2H3. The Bertz CT molecular complexity index is 528. The summed E-state index contributed by atoms with van der Waals surface area (Å²) in [5.41, 5.74) is 0.269. The molecule has 1 aromatic heterocycles. The molecule has 0 saturated carbocycles. The van der Waals surface area contributed by atoms with Gasteiger partial charge < -0.3 is 14.5 Å². The molecule has 0 saturated heterocycles. The number of hydrogen-bond donors (Lipinski definition) is 1. The summed E-state index contributed by atoms with van der Waals surface area (Å²) in [4.78, 5) is 0. The van der Waals surface area contributed by atoms with E-state index in [2.05, 4.69) is 15.5 Å². The summed E-state index contributed by atoms with van der Waals surface area (Å²) in [7, 11) is 1.48. The van der Waals surface area contributed by atoms with E-state index >= 15 is 0 Å². The average molecular weight is 251 g/mol. The molecule has 0 aliphatic heterocycles. The third kappa shape index (κ3) is 2.65. The maximum absolute atomic E-state index is 13.8. The molecule has 0 radical (unpaired) electrons. The number of ether oxygens (including phenoxy) is 1. The monoisotopic (exact) mass is 251 g/mol. The third-order valence-electron chi connectivity index (χ3n) is 2.40. The van der Waals surface area contributed by atoms with Crippen molar-refractivity contribution in [2.75, 3.05) is 13.7 Å². The molecule has 6 heteroatoms. The van der Waals surface area contributed by atoms with E-state index in [0.717, 1.165) is 6.54 Å². The van der Waals surface area contributed by atoms with E-state index in [-0.39, 0.29) is 11.5 Å². The smallest absolute Gasteiger partial charge is 0.250 e. The minimum Gasteiger partial charge on any atom is -0.497 e. The van der Waals surface area contributed by atoms with Gasteiger partial charge in [-0.3, -0.25) is 0 Å². The van der Waals surface area contributed by atoms with Crippen LogP contribution in [0.25, 0.3) is 11.5 Å². The lowest BCUT2D eigenvalue weighted by atomic mass is 10.2. The number of aromatic nitrogens is 2. The van der Waals surface area contributed by atoms with Crippen LogP contribution in [0.15, 0.2) is 22.6 Å². The van der Waals surface area contributed by atoms with Crippen LogP contribution in [0.4, 0.5) is 4.39 Å². The van der Waals surface area contributed by atoms with Gasteiger partial charge in [0.2, 0.25) is 5.89 Å². The van der Waals surface area contributed by atoms with Gasteiger partial charge in [0.25, 0.3) is 5.89 Å². The molecule has 5 nitrogen and oxygen atoms in total. The highest BCUT2D eigenvalue weighted by atomic mass is 19.1. The van der Waals surface area contributed by atoms with Crippen molar-refractivity contribution in [3.63, 3.8) is 0 Å². The summed E-state index contributed by atoms with van der Waals surface area (Å²) < 4.78 is 24.0. The molecular formula is C12H14FN3O2. The first-order valence-electron chi connectivity index (χ1n) is 5.61. The van der Waals surface area contributed by atoms with Gasteiger partial charge in [0.05, 0.1) is 19.2 Å². The number of hydrogen-bond acceptors (Lipinski definition) is 5. The van der Waals surface area contributed by atoms with E-state index in [4.69, 9.17) is 9.15 Å². The quantitative estimate of drug-likeness (QED) is 0.880. The largest absolute Gasteiger partial charge is 0.497 e. The van der Waals surface area contributed by atoms with Crippen LogP contribution in [0.3, 0.4) is 0 Å². The maximum Gasteiger partial charge on any atom is 0.250 e. The number of methoxy groups -OCH3 is 1. The van der Waals surface area contributed by atoms with Crippen LogP contribution in [0, 0.1) is 5.82 Å². The molecule has 2 aromatic rings. The number of rotatable bonds is 5. The van der Waals surface area contributed by atoms with E-state index in [1.54, 1.807) is 12.1 Å². The number of nitrogens with zero attached hydrogens (tertiary/aromatic N) is 2. The Morgan fingerprint density at radius 2 is 2.22 bits per heavy atom. The maximum atomic E-state index is 13.8. The fourth-order valence-electron chi connectivity index (χ4n) is 1.46. The summed E-state index contributed by atoms with van der Waals surface area (Å²) in [5, 5.41) is 10.7. The van der Waals surface area contributed by atoms with Crippen molar-refractivity contribution < 1.29 is 13.5 Å². The predicted molar refractivity (Wildman–Crippen MR) is 63.6 cm³/mol. The zero-order valence-corrected chi connectivity index (χ0v) is 10.2. The molecule has 0 aliphatic carbocycles. The molecule has 0 unspecified atom stereocenters. The highest BCUT2D eigenvalue weighted by molar-refractivity contribution is 5.55. The van der Waals surface area contributed by atoms with E-state index in [1.807, 2.05) is 6.92 Å². The fraction of sp³-hybridized carbons (Fsp3) is 0.333. The summed E-state index contributed by atoms with van der Waals surface area (Å²) in [5.74, 6) is 0.599. The van der Waals surface area contributed by atoms with Crippen molar-refractivity contribution >= 4 is 0 Å². The van der Waals surface area contributed by atoms with Gasteiger partial charge in [0.15, 0.2) is 0 Å². The van der Waals surface area contributed by atoms with Gasteiger partial charge in [-0.05, 0) is 18.7 Å². The van der Waals surface area contributed by atoms with Crippen LogP contribution in [0.2, 0.25) is 0 Å². The van der Waals surface area contributed by atoms with Crippen molar-refractivity contribution in [1.82, 2.24) is 15.5 Å². The third-order valence-corrected chi connectivity index (χ3v) is 2.40. The van der Waals surface area contributed by atoms with Crippen molar-refractivity contribution in [3.05, 3.63) is 29.9 Å². The van der Waals surface area contributed by atoms with Crippen LogP contribution in [-0.2, 0) is 6.54 Å². The second kappa shape index (κ2) is 5.59. The lowest BCUT2D eigenvalue weighted by molar-refractivity contribution is 0.411. The van der Waals surface area contributed by atoms with Crippen molar-refractivity contribution in [3.8, 4) is 17.2 Å². The van der Waals surface area contributed by atoms with Crippen molar-refractivity contribution in [1.29, 1.82) is 0 Å². The number of halogens is 1. The molecule has 1 heterocycles. The molecule has 0 fully saturated rings. The molecule has 0 atom stereocenters. The van der Waals surface area contributed by atoms with Gasteiger partial charge >= 0.3 is 0 Å². The Morgan fingerprint density at radius 1 is 1.39 bits per heavy atom. The molecule has 1 N–H and O–H groups in total. The zero-order valence-electron chi connectivity index (χ0n) is 10.2. The van der Waals surface area contributed by atoms with Gasteiger partial charge in [-0.15, -0.1) is 10.2 Å². The van der Waals surface area contributed by atoms with Crippen LogP contribution < -0.4 is 10.1 Å². The molecule has 0 amide bonds. The highest BCUT2D eigenvalue weighted by Crippen LogP contribution is 2.25. The summed E-state index contributed by atoms with van der Waals surface area (Å²) in [6, 6.07) is 4.48. The number of benzene rings is 1. The molecule has 96 valence electrons. The normalized spacial score (nSPS) is 10.6. The molecular weight excluding hydrogens is 237 g/mol. The second-order valence-corrected chi connectivity index (χ2v) is 3.63. The molecule has 0 spiro atoms. The Morgan fingerprint density at radius 3 is 2.89 bits per heavy atom. The first-order valence-corrected chi connectivity index (χ1v) is 5.61. The minimum atomic E-state index is -0.451. The van der Waals surface area contributed by atoms with Crippen molar-refractivity contribution in [2.45, 2.75) is 13.5 Å². The zero-order chi connectivity index (χ0) is 13.0. The van der Waals surface area contributed by atoms with Gasteiger partial charge in [0, 0.05) is 6.07 Å². The Hall–Kier alpha value is -1.95. The predicted octanol–water partition coefficient (Wildman–Crippen LogP) is 1.99.